The number of rotatable bonds is 6. The van der Waals surface area contributed by atoms with E-state index in [4.69, 9.17) is 5.73 Å². The molecular weight excluding hydrogens is 305 g/mol. The molecule has 0 aliphatic heterocycles. The lowest BCUT2D eigenvalue weighted by molar-refractivity contribution is -0.201. The molecule has 2 rings (SSSR count). The fraction of sp³-hybridized carbons (Fsp3) is 0.294. The second kappa shape index (κ2) is 7.12. The Bertz CT molecular complexity index is 604. The summed E-state index contributed by atoms with van der Waals surface area (Å²) in [6.45, 7) is -1.15. The van der Waals surface area contributed by atoms with Crippen molar-refractivity contribution >= 4 is 0 Å². The summed E-state index contributed by atoms with van der Waals surface area (Å²) < 4.78 is 41.5. The highest BCUT2D eigenvalue weighted by atomic mass is 19.4. The minimum atomic E-state index is -4.62. The summed E-state index contributed by atoms with van der Waals surface area (Å²) >= 11 is 0. The van der Waals surface area contributed by atoms with E-state index >= 15 is 0 Å². The third kappa shape index (κ3) is 3.55. The number of hydrogen-bond acceptors (Lipinski definition) is 3. The predicted molar refractivity (Wildman–Crippen MR) is 82.6 cm³/mol. The molecule has 6 heteroatoms. The maximum atomic E-state index is 13.8. The van der Waals surface area contributed by atoms with Crippen molar-refractivity contribution in [3.63, 3.8) is 0 Å². The monoisotopic (exact) mass is 324 g/mol. The molecule has 2 atom stereocenters. The Morgan fingerprint density at radius 1 is 0.957 bits per heavy atom. The van der Waals surface area contributed by atoms with Crippen molar-refractivity contribution < 1.29 is 18.3 Å². The SMILES string of the molecule is NC[C@@](N[C@@H](CO)c1ccccc1)(c1ccccc1)C(F)(F)F. The Hall–Kier alpha value is -1.89. The van der Waals surface area contributed by atoms with E-state index in [1.807, 2.05) is 0 Å². The van der Waals surface area contributed by atoms with Gasteiger partial charge < -0.3 is 10.8 Å². The third-order valence-electron chi connectivity index (χ3n) is 3.86. The zero-order valence-electron chi connectivity index (χ0n) is 12.4. The van der Waals surface area contributed by atoms with Crippen LogP contribution in [0, 0.1) is 0 Å². The van der Waals surface area contributed by atoms with Crippen LogP contribution in [-0.4, -0.2) is 24.4 Å². The van der Waals surface area contributed by atoms with Gasteiger partial charge in [-0.2, -0.15) is 13.2 Å². The lowest BCUT2D eigenvalue weighted by Gasteiger charge is -2.39. The van der Waals surface area contributed by atoms with Crippen molar-refractivity contribution in [1.82, 2.24) is 5.32 Å². The lowest BCUT2D eigenvalue weighted by Crippen LogP contribution is -2.60. The van der Waals surface area contributed by atoms with Crippen LogP contribution in [0.5, 0.6) is 0 Å². The van der Waals surface area contributed by atoms with Gasteiger partial charge in [0.05, 0.1) is 12.6 Å². The van der Waals surface area contributed by atoms with Crippen molar-refractivity contribution in [3.8, 4) is 0 Å². The molecule has 0 fully saturated rings. The summed E-state index contributed by atoms with van der Waals surface area (Å²) in [5.41, 5.74) is 3.69. The zero-order valence-corrected chi connectivity index (χ0v) is 12.4. The van der Waals surface area contributed by atoms with E-state index in [0.29, 0.717) is 5.56 Å². The first-order valence-corrected chi connectivity index (χ1v) is 7.20. The minimum Gasteiger partial charge on any atom is -0.394 e. The van der Waals surface area contributed by atoms with E-state index < -0.39 is 30.9 Å². The molecule has 2 aromatic rings. The van der Waals surface area contributed by atoms with Crippen molar-refractivity contribution in [2.24, 2.45) is 5.73 Å². The van der Waals surface area contributed by atoms with E-state index in [-0.39, 0.29) is 5.56 Å². The molecule has 0 unspecified atom stereocenters. The van der Waals surface area contributed by atoms with E-state index in [1.54, 1.807) is 36.4 Å². The number of halogens is 3. The highest BCUT2D eigenvalue weighted by Crippen LogP contribution is 2.40. The van der Waals surface area contributed by atoms with Gasteiger partial charge in [0.1, 0.15) is 0 Å². The van der Waals surface area contributed by atoms with Gasteiger partial charge in [0.15, 0.2) is 5.54 Å². The molecule has 0 bridgehead atoms. The number of hydrogen-bond donors (Lipinski definition) is 3. The van der Waals surface area contributed by atoms with Crippen LogP contribution in [0.1, 0.15) is 17.2 Å². The average molecular weight is 324 g/mol. The van der Waals surface area contributed by atoms with Crippen LogP contribution in [0.15, 0.2) is 60.7 Å². The molecule has 0 saturated heterocycles. The summed E-state index contributed by atoms with van der Waals surface area (Å²) in [5.74, 6) is 0. The van der Waals surface area contributed by atoms with Crippen LogP contribution in [0.3, 0.4) is 0 Å². The first kappa shape index (κ1) is 17.5. The highest BCUT2D eigenvalue weighted by molar-refractivity contribution is 5.29. The maximum Gasteiger partial charge on any atom is 0.412 e. The number of nitrogens with one attached hydrogen (secondary N) is 1. The molecule has 0 aliphatic carbocycles. The van der Waals surface area contributed by atoms with Gasteiger partial charge in [-0.05, 0) is 11.1 Å². The van der Waals surface area contributed by atoms with Crippen LogP contribution in [0.4, 0.5) is 13.2 Å². The first-order valence-electron chi connectivity index (χ1n) is 7.20. The Morgan fingerprint density at radius 3 is 1.91 bits per heavy atom. The summed E-state index contributed by atoms with van der Waals surface area (Å²) in [4.78, 5) is 0. The van der Waals surface area contributed by atoms with Gasteiger partial charge in [-0.3, -0.25) is 5.32 Å². The van der Waals surface area contributed by atoms with Crippen LogP contribution < -0.4 is 11.1 Å². The molecule has 4 N–H and O–H groups in total. The van der Waals surface area contributed by atoms with Gasteiger partial charge in [0, 0.05) is 6.54 Å². The van der Waals surface area contributed by atoms with Crippen molar-refractivity contribution in [3.05, 3.63) is 71.8 Å². The van der Waals surface area contributed by atoms with Gasteiger partial charge in [0.2, 0.25) is 0 Å². The van der Waals surface area contributed by atoms with Gasteiger partial charge in [-0.1, -0.05) is 60.7 Å². The predicted octanol–water partition coefficient (Wildman–Crippen LogP) is 2.73. The minimum absolute atomic E-state index is 0.0179. The number of alkyl halides is 3. The maximum absolute atomic E-state index is 13.8. The second-order valence-electron chi connectivity index (χ2n) is 5.26. The van der Waals surface area contributed by atoms with Crippen molar-refractivity contribution in [2.75, 3.05) is 13.2 Å². The van der Waals surface area contributed by atoms with Crippen LogP contribution in [0.25, 0.3) is 0 Å². The van der Waals surface area contributed by atoms with E-state index in [9.17, 15) is 18.3 Å². The molecule has 3 nitrogen and oxygen atoms in total. The molecule has 0 spiro atoms. The van der Waals surface area contributed by atoms with Gasteiger partial charge in [0.25, 0.3) is 0 Å². The van der Waals surface area contributed by atoms with E-state index in [0.717, 1.165) is 0 Å². The lowest BCUT2D eigenvalue weighted by atomic mass is 9.87. The largest absolute Gasteiger partial charge is 0.412 e. The molecule has 0 aromatic heterocycles. The molecule has 124 valence electrons. The molecule has 0 heterocycles. The number of nitrogens with two attached hydrogens (primary N) is 1. The smallest absolute Gasteiger partial charge is 0.394 e. The third-order valence-corrected chi connectivity index (χ3v) is 3.86. The van der Waals surface area contributed by atoms with E-state index in [1.165, 1.54) is 24.3 Å². The second-order valence-corrected chi connectivity index (χ2v) is 5.26. The van der Waals surface area contributed by atoms with E-state index in [2.05, 4.69) is 5.32 Å². The highest BCUT2D eigenvalue weighted by Gasteiger charge is 2.55. The van der Waals surface area contributed by atoms with Gasteiger partial charge in [-0.25, -0.2) is 0 Å². The van der Waals surface area contributed by atoms with Crippen LogP contribution in [-0.2, 0) is 5.54 Å². The van der Waals surface area contributed by atoms with Crippen molar-refractivity contribution in [1.29, 1.82) is 0 Å². The Morgan fingerprint density at radius 2 is 1.48 bits per heavy atom. The first-order chi connectivity index (χ1) is 10.9. The summed E-state index contributed by atoms with van der Waals surface area (Å²) in [5, 5.41) is 12.1. The molecule has 2 aromatic carbocycles. The zero-order chi connectivity index (χ0) is 16.9. The Kier molecular flexibility index (Phi) is 5.41. The quantitative estimate of drug-likeness (QED) is 0.766. The molecular formula is C17H19F3N2O. The van der Waals surface area contributed by atoms with Crippen molar-refractivity contribution in [2.45, 2.75) is 17.8 Å². The fourth-order valence-corrected chi connectivity index (χ4v) is 2.56. The fourth-order valence-electron chi connectivity index (χ4n) is 2.56. The number of benzene rings is 2. The van der Waals surface area contributed by atoms with Gasteiger partial charge in [-0.15, -0.1) is 0 Å². The average Bonchev–Trinajstić information content (AvgIpc) is 2.57. The Balaban J connectivity index is 2.46. The standard InChI is InChI=1S/C17H19F3N2O/c18-17(19,20)16(12-21,14-9-5-2-6-10-14)22-15(11-23)13-7-3-1-4-8-13/h1-10,15,22-23H,11-12,21H2/t15-,16+/m0/s1. The summed E-state index contributed by atoms with van der Waals surface area (Å²) in [6.07, 6.45) is -4.62. The topological polar surface area (TPSA) is 58.3 Å². The number of aliphatic hydroxyl groups excluding tert-OH is 1. The van der Waals surface area contributed by atoms with Gasteiger partial charge >= 0.3 is 6.18 Å². The molecule has 23 heavy (non-hydrogen) atoms. The molecule has 0 aliphatic rings. The van der Waals surface area contributed by atoms with Crippen LogP contribution >= 0.6 is 0 Å². The summed E-state index contributed by atoms with van der Waals surface area (Å²) in [6, 6.07) is 15.1. The number of aliphatic hydroxyl groups is 1. The van der Waals surface area contributed by atoms with Crippen LogP contribution in [0.2, 0.25) is 0 Å². The molecule has 0 amide bonds. The molecule has 0 saturated carbocycles. The molecule has 0 radical (unpaired) electrons. The Labute approximate surface area is 132 Å². The summed E-state index contributed by atoms with van der Waals surface area (Å²) in [7, 11) is 0. The normalized spacial score (nSPS) is 15.9.